The van der Waals surface area contributed by atoms with Crippen molar-refractivity contribution < 1.29 is 9.59 Å². The maximum atomic E-state index is 12.5. The van der Waals surface area contributed by atoms with Crippen molar-refractivity contribution in [1.82, 2.24) is 10.2 Å². The van der Waals surface area contributed by atoms with E-state index in [0.29, 0.717) is 12.5 Å². The van der Waals surface area contributed by atoms with Crippen LogP contribution in [0.2, 0.25) is 0 Å². The molecule has 0 aromatic heterocycles. The van der Waals surface area contributed by atoms with E-state index in [1.807, 2.05) is 0 Å². The monoisotopic (exact) mass is 294 g/mol. The molecule has 4 heteroatoms. The normalized spacial score (nSPS) is 30.0. The van der Waals surface area contributed by atoms with Crippen molar-refractivity contribution in [3.05, 3.63) is 0 Å². The van der Waals surface area contributed by atoms with Gasteiger partial charge < -0.3 is 5.32 Å². The topological polar surface area (TPSA) is 49.4 Å². The van der Waals surface area contributed by atoms with Crippen molar-refractivity contribution >= 4 is 11.8 Å². The number of amides is 2. The second kappa shape index (κ2) is 7.39. The highest BCUT2D eigenvalue weighted by Crippen LogP contribution is 2.44. The lowest BCUT2D eigenvalue weighted by molar-refractivity contribution is -0.141. The number of hydrogen-bond donors (Lipinski definition) is 1. The molecular formula is C17H30N2O2. The summed E-state index contributed by atoms with van der Waals surface area (Å²) in [5, 5.41) is 3.48. The van der Waals surface area contributed by atoms with Crippen LogP contribution in [0.5, 0.6) is 0 Å². The predicted molar refractivity (Wildman–Crippen MR) is 83.7 cm³/mol. The zero-order chi connectivity index (χ0) is 15.4. The van der Waals surface area contributed by atoms with Gasteiger partial charge in [-0.3, -0.25) is 14.5 Å². The van der Waals surface area contributed by atoms with Crippen LogP contribution in [-0.2, 0) is 9.59 Å². The maximum absolute atomic E-state index is 12.5. The molecule has 4 nitrogen and oxygen atoms in total. The number of nitrogens with zero attached hydrogens (tertiary/aromatic N) is 1. The summed E-state index contributed by atoms with van der Waals surface area (Å²) in [4.78, 5) is 26.7. The predicted octanol–water partition coefficient (Wildman–Crippen LogP) is 2.58. The molecule has 1 saturated carbocycles. The minimum atomic E-state index is -0.0177. The molecule has 1 aliphatic heterocycles. The molecule has 0 aromatic carbocycles. The molecule has 1 heterocycles. The average Bonchev–Trinajstić information content (AvgIpc) is 3.00. The van der Waals surface area contributed by atoms with E-state index in [1.165, 1.54) is 0 Å². The molecule has 0 aromatic rings. The molecule has 2 amide bonds. The SMILES string of the molecule is CCCNC(CCC)CN1C(=O)C2CC(CC)CC2C1=O. The molecule has 21 heavy (non-hydrogen) atoms. The van der Waals surface area contributed by atoms with Gasteiger partial charge in [0.05, 0.1) is 11.8 Å². The standard InChI is InChI=1S/C17H30N2O2/c1-4-7-13(18-8-5-2)11-19-16(20)14-9-12(6-3)10-15(14)17(19)21/h12-15,18H,4-11H2,1-3H3. The molecule has 1 aliphatic carbocycles. The van der Waals surface area contributed by atoms with Gasteiger partial charge in [-0.05, 0) is 38.1 Å². The van der Waals surface area contributed by atoms with Gasteiger partial charge in [0.2, 0.25) is 11.8 Å². The lowest BCUT2D eigenvalue weighted by Gasteiger charge is -2.24. The van der Waals surface area contributed by atoms with Crippen molar-refractivity contribution in [2.75, 3.05) is 13.1 Å². The van der Waals surface area contributed by atoms with E-state index >= 15 is 0 Å². The fourth-order valence-electron chi connectivity index (χ4n) is 3.89. The maximum Gasteiger partial charge on any atom is 0.233 e. The number of hydrogen-bond acceptors (Lipinski definition) is 3. The number of carbonyl (C=O) groups is 2. The smallest absolute Gasteiger partial charge is 0.233 e. The van der Waals surface area contributed by atoms with E-state index in [0.717, 1.165) is 45.1 Å². The number of fused-ring (bicyclic) bond motifs is 1. The highest BCUT2D eigenvalue weighted by Gasteiger charge is 2.52. The summed E-state index contributed by atoms with van der Waals surface area (Å²) >= 11 is 0. The van der Waals surface area contributed by atoms with Gasteiger partial charge in [0.15, 0.2) is 0 Å². The first-order chi connectivity index (χ1) is 10.1. The Balaban J connectivity index is 1.98. The van der Waals surface area contributed by atoms with Crippen molar-refractivity contribution in [2.24, 2.45) is 17.8 Å². The number of imide groups is 1. The van der Waals surface area contributed by atoms with E-state index in [1.54, 1.807) is 4.90 Å². The molecule has 0 bridgehead atoms. The first-order valence-corrected chi connectivity index (χ1v) is 8.70. The molecule has 2 aliphatic rings. The molecule has 2 fully saturated rings. The van der Waals surface area contributed by atoms with E-state index in [4.69, 9.17) is 0 Å². The van der Waals surface area contributed by atoms with Gasteiger partial charge in [0, 0.05) is 12.6 Å². The quantitative estimate of drug-likeness (QED) is 0.700. The van der Waals surface area contributed by atoms with Gasteiger partial charge in [-0.25, -0.2) is 0 Å². The number of likely N-dealkylation sites (tertiary alicyclic amines) is 1. The lowest BCUT2D eigenvalue weighted by Crippen LogP contribution is -2.44. The Morgan fingerprint density at radius 1 is 1.10 bits per heavy atom. The largest absolute Gasteiger partial charge is 0.312 e. The molecule has 3 unspecified atom stereocenters. The Bertz CT molecular complexity index is 359. The van der Waals surface area contributed by atoms with Crippen LogP contribution in [0, 0.1) is 17.8 Å². The summed E-state index contributed by atoms with van der Waals surface area (Å²) in [5.74, 6) is 0.729. The van der Waals surface area contributed by atoms with Crippen LogP contribution in [0.3, 0.4) is 0 Å². The molecular weight excluding hydrogens is 264 g/mol. The Morgan fingerprint density at radius 3 is 2.19 bits per heavy atom. The van der Waals surface area contributed by atoms with Crippen molar-refractivity contribution in [3.8, 4) is 0 Å². The third-order valence-corrected chi connectivity index (χ3v) is 5.13. The number of carbonyl (C=O) groups excluding carboxylic acids is 2. The van der Waals surface area contributed by atoms with Crippen LogP contribution in [-0.4, -0.2) is 35.8 Å². The van der Waals surface area contributed by atoms with Crippen molar-refractivity contribution in [2.45, 2.75) is 65.3 Å². The van der Waals surface area contributed by atoms with Gasteiger partial charge in [-0.15, -0.1) is 0 Å². The van der Waals surface area contributed by atoms with Crippen LogP contribution >= 0.6 is 0 Å². The Labute approximate surface area is 128 Å². The molecule has 3 atom stereocenters. The van der Waals surface area contributed by atoms with Gasteiger partial charge in [-0.2, -0.15) is 0 Å². The van der Waals surface area contributed by atoms with Crippen LogP contribution in [0.1, 0.15) is 59.3 Å². The third-order valence-electron chi connectivity index (χ3n) is 5.13. The molecule has 0 radical (unpaired) electrons. The highest BCUT2D eigenvalue weighted by molar-refractivity contribution is 6.05. The van der Waals surface area contributed by atoms with E-state index in [9.17, 15) is 9.59 Å². The van der Waals surface area contributed by atoms with E-state index in [-0.39, 0.29) is 29.7 Å². The van der Waals surface area contributed by atoms with Gasteiger partial charge in [0.25, 0.3) is 0 Å². The molecule has 1 N–H and O–H groups in total. The average molecular weight is 294 g/mol. The first kappa shape index (κ1) is 16.5. The molecule has 120 valence electrons. The summed E-state index contributed by atoms with van der Waals surface area (Å²) in [5.41, 5.74) is 0. The van der Waals surface area contributed by atoms with Gasteiger partial charge >= 0.3 is 0 Å². The van der Waals surface area contributed by atoms with Crippen LogP contribution in [0.4, 0.5) is 0 Å². The van der Waals surface area contributed by atoms with Crippen molar-refractivity contribution in [1.29, 1.82) is 0 Å². The summed E-state index contributed by atoms with van der Waals surface area (Å²) in [6.07, 6.45) is 6.09. The van der Waals surface area contributed by atoms with Gasteiger partial charge in [0.1, 0.15) is 0 Å². The van der Waals surface area contributed by atoms with Crippen molar-refractivity contribution in [3.63, 3.8) is 0 Å². The molecule has 1 saturated heterocycles. The second-order valence-corrected chi connectivity index (χ2v) is 6.69. The minimum Gasteiger partial charge on any atom is -0.312 e. The van der Waals surface area contributed by atoms with E-state index in [2.05, 4.69) is 26.1 Å². The number of rotatable bonds is 8. The number of nitrogens with one attached hydrogen (secondary N) is 1. The van der Waals surface area contributed by atoms with Crippen LogP contribution in [0.15, 0.2) is 0 Å². The second-order valence-electron chi connectivity index (χ2n) is 6.69. The summed E-state index contributed by atoms with van der Waals surface area (Å²) in [6, 6.07) is 0.253. The summed E-state index contributed by atoms with van der Waals surface area (Å²) in [6.45, 7) is 7.96. The minimum absolute atomic E-state index is 0.0177. The Morgan fingerprint density at radius 2 is 1.71 bits per heavy atom. The van der Waals surface area contributed by atoms with E-state index < -0.39 is 0 Å². The Hall–Kier alpha value is -0.900. The molecule has 2 rings (SSSR count). The Kier molecular flexibility index (Phi) is 5.80. The molecule has 0 spiro atoms. The fourth-order valence-corrected chi connectivity index (χ4v) is 3.89. The summed E-state index contributed by atoms with van der Waals surface area (Å²) < 4.78 is 0. The van der Waals surface area contributed by atoms with Gasteiger partial charge in [-0.1, -0.05) is 33.6 Å². The lowest BCUT2D eigenvalue weighted by atomic mass is 10.00. The summed E-state index contributed by atoms with van der Waals surface area (Å²) in [7, 11) is 0. The zero-order valence-electron chi connectivity index (χ0n) is 13.7. The van der Waals surface area contributed by atoms with Crippen LogP contribution < -0.4 is 5.32 Å². The first-order valence-electron chi connectivity index (χ1n) is 8.70. The fraction of sp³-hybridized carbons (Fsp3) is 0.882. The highest BCUT2D eigenvalue weighted by atomic mass is 16.2. The zero-order valence-corrected chi connectivity index (χ0v) is 13.7. The van der Waals surface area contributed by atoms with Crippen LogP contribution in [0.25, 0.3) is 0 Å². The third kappa shape index (κ3) is 3.47.